The van der Waals surface area contributed by atoms with Crippen LogP contribution in [-0.2, 0) is 13.6 Å². The molecular weight excluding hydrogens is 281 g/mol. The Balaban J connectivity index is 3.03. The molecule has 0 saturated carbocycles. The predicted molar refractivity (Wildman–Crippen MR) is 62.4 cm³/mol. The van der Waals surface area contributed by atoms with Crippen LogP contribution in [0.2, 0.25) is 0 Å². The van der Waals surface area contributed by atoms with E-state index in [2.05, 4.69) is 20.9 Å². The van der Waals surface area contributed by atoms with Gasteiger partial charge in [-0.15, -0.1) is 0 Å². The third-order valence-corrected chi connectivity index (χ3v) is 4.11. The first kappa shape index (κ1) is 12.8. The third-order valence-electron chi connectivity index (χ3n) is 1.60. The maximum Gasteiger partial charge on any atom is 0.362 e. The third kappa shape index (κ3) is 3.38. The van der Waals surface area contributed by atoms with Crippen LogP contribution >= 0.6 is 23.5 Å². The monoisotopic (exact) mass is 293 g/mol. The lowest BCUT2D eigenvalue weighted by Crippen LogP contribution is -2.11. The van der Waals surface area contributed by atoms with Gasteiger partial charge in [-0.3, -0.25) is 9.55 Å². The number of pyridine rings is 1. The Bertz CT molecular complexity index is 362. The molecule has 0 fully saturated rings. The summed E-state index contributed by atoms with van der Waals surface area (Å²) < 4.78 is 23.4. The molecule has 15 heavy (non-hydrogen) atoms. The molecule has 0 N–H and O–H groups in total. The predicted octanol–water partition coefficient (Wildman–Crippen LogP) is 2.74. The van der Waals surface area contributed by atoms with Crippen LogP contribution in [0.3, 0.4) is 0 Å². The van der Waals surface area contributed by atoms with Crippen molar-refractivity contribution in [1.82, 2.24) is 4.98 Å². The molecule has 1 heterocycles. The molecule has 0 radical (unpaired) electrons. The van der Waals surface area contributed by atoms with Crippen molar-refractivity contribution in [3.63, 3.8) is 0 Å². The first-order chi connectivity index (χ1) is 7.12. The van der Waals surface area contributed by atoms with Crippen molar-refractivity contribution in [3.8, 4) is 0 Å². The summed E-state index contributed by atoms with van der Waals surface area (Å²) in [6, 6.07) is 1.69. The lowest BCUT2D eigenvalue weighted by Gasteiger charge is -2.16. The Morgan fingerprint density at radius 2 is 1.93 bits per heavy atom. The SMILES string of the molecule is CCOP(=O)(OCC)c1cncc(Br)c1. The van der Waals surface area contributed by atoms with Crippen molar-refractivity contribution in [2.45, 2.75) is 13.8 Å². The van der Waals surface area contributed by atoms with Gasteiger partial charge in [-0.25, -0.2) is 0 Å². The quantitative estimate of drug-likeness (QED) is 0.783. The van der Waals surface area contributed by atoms with Crippen LogP contribution in [0, 0.1) is 0 Å². The van der Waals surface area contributed by atoms with Crippen molar-refractivity contribution in [3.05, 3.63) is 22.9 Å². The molecular formula is C9H13BrNO3P. The summed E-state index contributed by atoms with van der Waals surface area (Å²) in [5.74, 6) is 0. The van der Waals surface area contributed by atoms with Gasteiger partial charge in [0, 0.05) is 16.9 Å². The van der Waals surface area contributed by atoms with Gasteiger partial charge in [-0.2, -0.15) is 0 Å². The fraction of sp³-hybridized carbons (Fsp3) is 0.444. The maximum absolute atomic E-state index is 12.3. The minimum atomic E-state index is -3.19. The van der Waals surface area contributed by atoms with Crippen molar-refractivity contribution < 1.29 is 13.6 Å². The van der Waals surface area contributed by atoms with Gasteiger partial charge in [0.25, 0.3) is 0 Å². The van der Waals surface area contributed by atoms with Crippen LogP contribution in [0.4, 0.5) is 0 Å². The number of hydrogen-bond acceptors (Lipinski definition) is 4. The molecule has 6 heteroatoms. The second-order valence-corrected chi connectivity index (χ2v) is 5.64. The second kappa shape index (κ2) is 5.75. The molecule has 0 amide bonds. The zero-order valence-electron chi connectivity index (χ0n) is 8.64. The molecule has 0 aliphatic carbocycles. The van der Waals surface area contributed by atoms with Gasteiger partial charge in [0.2, 0.25) is 0 Å². The minimum absolute atomic E-state index is 0.337. The van der Waals surface area contributed by atoms with Gasteiger partial charge >= 0.3 is 7.60 Å². The van der Waals surface area contributed by atoms with E-state index in [1.807, 2.05) is 0 Å². The highest BCUT2D eigenvalue weighted by atomic mass is 79.9. The Morgan fingerprint density at radius 3 is 2.40 bits per heavy atom. The fourth-order valence-corrected chi connectivity index (χ4v) is 3.18. The number of rotatable bonds is 5. The van der Waals surface area contributed by atoms with Gasteiger partial charge in [0.15, 0.2) is 0 Å². The van der Waals surface area contributed by atoms with Gasteiger partial charge in [0.1, 0.15) is 0 Å². The smallest absolute Gasteiger partial charge is 0.305 e. The van der Waals surface area contributed by atoms with Crippen LogP contribution in [0.15, 0.2) is 22.9 Å². The van der Waals surface area contributed by atoms with Crippen molar-refractivity contribution in [1.29, 1.82) is 0 Å². The molecule has 4 nitrogen and oxygen atoms in total. The molecule has 0 saturated heterocycles. The molecule has 1 aromatic heterocycles. The summed E-state index contributed by atoms with van der Waals surface area (Å²) in [5, 5.41) is 0.473. The molecule has 84 valence electrons. The molecule has 1 rings (SSSR count). The lowest BCUT2D eigenvalue weighted by atomic mass is 10.5. The summed E-state index contributed by atoms with van der Waals surface area (Å²) >= 11 is 3.26. The zero-order valence-corrected chi connectivity index (χ0v) is 11.1. The average molecular weight is 294 g/mol. The summed E-state index contributed by atoms with van der Waals surface area (Å²) in [5.41, 5.74) is 0. The van der Waals surface area contributed by atoms with E-state index < -0.39 is 7.60 Å². The summed E-state index contributed by atoms with van der Waals surface area (Å²) in [6.45, 7) is 4.22. The van der Waals surface area contributed by atoms with E-state index in [-0.39, 0.29) is 0 Å². The molecule has 0 atom stereocenters. The van der Waals surface area contributed by atoms with E-state index in [9.17, 15) is 4.57 Å². The summed E-state index contributed by atoms with van der Waals surface area (Å²) in [7, 11) is -3.19. The number of nitrogens with zero attached hydrogens (tertiary/aromatic N) is 1. The Hall–Kier alpha value is -0.220. The van der Waals surface area contributed by atoms with Gasteiger partial charge in [-0.1, -0.05) is 0 Å². The topological polar surface area (TPSA) is 48.4 Å². The summed E-state index contributed by atoms with van der Waals surface area (Å²) in [6.07, 6.45) is 3.11. The van der Waals surface area contributed by atoms with Gasteiger partial charge in [-0.05, 0) is 35.8 Å². The molecule has 1 aromatic rings. The highest BCUT2D eigenvalue weighted by Gasteiger charge is 2.26. The molecule has 0 unspecified atom stereocenters. The Morgan fingerprint density at radius 1 is 1.33 bits per heavy atom. The minimum Gasteiger partial charge on any atom is -0.305 e. The number of hydrogen-bond donors (Lipinski definition) is 0. The molecule has 0 aromatic carbocycles. The zero-order chi connectivity index (χ0) is 11.3. The molecule has 0 aliphatic rings. The van der Waals surface area contributed by atoms with E-state index in [1.165, 1.54) is 6.20 Å². The van der Waals surface area contributed by atoms with Gasteiger partial charge in [0.05, 0.1) is 18.5 Å². The highest BCUT2D eigenvalue weighted by Crippen LogP contribution is 2.46. The van der Waals surface area contributed by atoms with Crippen LogP contribution in [-0.4, -0.2) is 18.2 Å². The van der Waals surface area contributed by atoms with E-state index >= 15 is 0 Å². The average Bonchev–Trinajstić information content (AvgIpc) is 2.18. The van der Waals surface area contributed by atoms with Gasteiger partial charge < -0.3 is 9.05 Å². The first-order valence-corrected chi connectivity index (χ1v) is 6.96. The molecule has 0 bridgehead atoms. The van der Waals surface area contributed by atoms with Crippen LogP contribution in [0.5, 0.6) is 0 Å². The van der Waals surface area contributed by atoms with Crippen molar-refractivity contribution in [2.75, 3.05) is 13.2 Å². The maximum atomic E-state index is 12.3. The van der Waals surface area contributed by atoms with Crippen molar-refractivity contribution in [2.24, 2.45) is 0 Å². The molecule has 0 spiro atoms. The fourth-order valence-electron chi connectivity index (χ4n) is 1.08. The first-order valence-electron chi connectivity index (χ1n) is 4.62. The van der Waals surface area contributed by atoms with E-state index in [0.717, 1.165) is 4.47 Å². The summed E-state index contributed by atoms with van der Waals surface area (Å²) in [4.78, 5) is 3.94. The van der Waals surface area contributed by atoms with Crippen LogP contribution < -0.4 is 5.30 Å². The Labute approximate surface area is 97.7 Å². The van der Waals surface area contributed by atoms with E-state index in [4.69, 9.17) is 9.05 Å². The Kier molecular flexibility index (Phi) is 4.93. The lowest BCUT2D eigenvalue weighted by molar-refractivity contribution is 0.230. The van der Waals surface area contributed by atoms with E-state index in [0.29, 0.717) is 18.5 Å². The standard InChI is InChI=1S/C9H13BrNO3P/c1-3-13-15(12,14-4-2)9-5-8(10)6-11-7-9/h5-7H,3-4H2,1-2H3. The van der Waals surface area contributed by atoms with E-state index in [1.54, 1.807) is 26.1 Å². The number of aromatic nitrogens is 1. The highest BCUT2D eigenvalue weighted by molar-refractivity contribution is 9.10. The largest absolute Gasteiger partial charge is 0.362 e. The normalized spacial score (nSPS) is 11.7. The van der Waals surface area contributed by atoms with Crippen molar-refractivity contribution >= 4 is 28.8 Å². The molecule has 0 aliphatic heterocycles. The van der Waals surface area contributed by atoms with Crippen LogP contribution in [0.25, 0.3) is 0 Å². The second-order valence-electron chi connectivity index (χ2n) is 2.69. The van der Waals surface area contributed by atoms with Crippen LogP contribution in [0.1, 0.15) is 13.8 Å². The number of halogens is 1.